The summed E-state index contributed by atoms with van der Waals surface area (Å²) in [4.78, 5) is 27.1. The van der Waals surface area contributed by atoms with Crippen molar-refractivity contribution in [3.8, 4) is 0 Å². The van der Waals surface area contributed by atoms with Gasteiger partial charge in [-0.1, -0.05) is 12.1 Å². The first-order chi connectivity index (χ1) is 13.1. The molecule has 28 heavy (non-hydrogen) atoms. The quantitative estimate of drug-likeness (QED) is 0.747. The van der Waals surface area contributed by atoms with Crippen LogP contribution in [0.25, 0.3) is 0 Å². The van der Waals surface area contributed by atoms with Gasteiger partial charge in [0.25, 0.3) is 5.91 Å². The van der Waals surface area contributed by atoms with Crippen LogP contribution in [0.15, 0.2) is 35.2 Å². The zero-order chi connectivity index (χ0) is 20.6. The van der Waals surface area contributed by atoms with Crippen LogP contribution in [0, 0.1) is 12.8 Å². The third-order valence-corrected chi connectivity index (χ3v) is 6.97. The van der Waals surface area contributed by atoms with Gasteiger partial charge in [0, 0.05) is 13.0 Å². The molecule has 1 aromatic heterocycles. The number of benzene rings is 1. The number of nitrogens with zero attached hydrogens (tertiary/aromatic N) is 1. The molecule has 0 bridgehead atoms. The number of nitrogens with two attached hydrogens (primary N) is 1. The molecule has 2 aromatic rings. The van der Waals surface area contributed by atoms with Crippen LogP contribution >= 0.6 is 11.3 Å². The Hall–Kier alpha value is -2.23. The molecule has 1 aliphatic carbocycles. The van der Waals surface area contributed by atoms with E-state index in [1.165, 1.54) is 23.5 Å². The molecule has 1 aliphatic rings. The Morgan fingerprint density at radius 3 is 2.39 bits per heavy atom. The number of aryl methyl sites for hydroxylation is 1. The van der Waals surface area contributed by atoms with Crippen LogP contribution < -0.4 is 10.5 Å². The minimum absolute atomic E-state index is 0.0110. The van der Waals surface area contributed by atoms with Gasteiger partial charge in [0.15, 0.2) is 0 Å². The van der Waals surface area contributed by atoms with E-state index in [9.17, 15) is 18.0 Å². The molecule has 0 aliphatic heterocycles. The summed E-state index contributed by atoms with van der Waals surface area (Å²) in [7, 11) is -2.06. The summed E-state index contributed by atoms with van der Waals surface area (Å²) in [6.07, 6.45) is 1.85. The Morgan fingerprint density at radius 1 is 1.25 bits per heavy atom. The van der Waals surface area contributed by atoms with E-state index in [1.54, 1.807) is 24.1 Å². The van der Waals surface area contributed by atoms with Crippen LogP contribution in [-0.2, 0) is 14.8 Å². The highest BCUT2D eigenvalue weighted by Crippen LogP contribution is 2.34. The van der Waals surface area contributed by atoms with Gasteiger partial charge in [-0.05, 0) is 56.0 Å². The van der Waals surface area contributed by atoms with E-state index < -0.39 is 10.0 Å². The maximum absolute atomic E-state index is 13.0. The highest BCUT2D eigenvalue weighted by molar-refractivity contribution is 7.89. The van der Waals surface area contributed by atoms with Crippen molar-refractivity contribution in [3.63, 3.8) is 0 Å². The molecule has 1 unspecified atom stereocenters. The van der Waals surface area contributed by atoms with E-state index in [2.05, 4.69) is 5.32 Å². The molecular weight excluding hydrogens is 398 g/mol. The van der Waals surface area contributed by atoms with Crippen molar-refractivity contribution < 1.29 is 18.0 Å². The lowest BCUT2D eigenvalue weighted by atomic mass is 10.1. The summed E-state index contributed by atoms with van der Waals surface area (Å²) >= 11 is 1.27. The number of carbonyl (C=O) groups excluding carboxylic acids is 2. The maximum atomic E-state index is 13.0. The van der Waals surface area contributed by atoms with E-state index >= 15 is 0 Å². The normalized spacial score (nSPS) is 15.1. The molecule has 0 radical (unpaired) electrons. The smallest absolute Gasteiger partial charge is 0.264 e. The van der Waals surface area contributed by atoms with Gasteiger partial charge in [0.2, 0.25) is 15.9 Å². The number of primary sulfonamides is 1. The Kier molecular flexibility index (Phi) is 5.60. The minimum atomic E-state index is -3.75. The standard InChI is InChI=1S/C19H23N3O4S2/c1-11-10-16(21-18(23)14-4-5-14)27-17(11)19(24)22(3)12(2)13-6-8-15(9-7-13)28(20,25)26/h6-10,12,14H,4-5H2,1-3H3,(H,21,23)(H2,20,25,26). The average Bonchev–Trinajstić information content (AvgIpc) is 3.43. The summed E-state index contributed by atoms with van der Waals surface area (Å²) in [5.41, 5.74) is 1.60. The lowest BCUT2D eigenvalue weighted by Gasteiger charge is -2.25. The van der Waals surface area contributed by atoms with Gasteiger partial charge in [0.05, 0.1) is 20.8 Å². The summed E-state index contributed by atoms with van der Waals surface area (Å²) in [5, 5.41) is 8.68. The lowest BCUT2D eigenvalue weighted by Crippen LogP contribution is -2.29. The van der Waals surface area contributed by atoms with E-state index in [1.807, 2.05) is 19.9 Å². The average molecular weight is 422 g/mol. The van der Waals surface area contributed by atoms with Crippen LogP contribution in [0.2, 0.25) is 0 Å². The molecule has 1 heterocycles. The zero-order valence-corrected chi connectivity index (χ0v) is 17.6. The number of anilines is 1. The molecule has 3 N–H and O–H groups in total. The van der Waals surface area contributed by atoms with Crippen LogP contribution in [0.3, 0.4) is 0 Å². The first-order valence-corrected chi connectivity index (χ1v) is 11.3. The molecule has 1 atom stereocenters. The molecule has 0 spiro atoms. The predicted molar refractivity (Wildman–Crippen MR) is 109 cm³/mol. The summed E-state index contributed by atoms with van der Waals surface area (Å²) in [5.74, 6) is -0.0427. The molecular formula is C19H23N3O4S2. The third kappa shape index (κ3) is 4.43. The molecule has 1 aromatic carbocycles. The van der Waals surface area contributed by atoms with Crippen molar-refractivity contribution in [2.75, 3.05) is 12.4 Å². The van der Waals surface area contributed by atoms with Crippen molar-refractivity contribution in [2.45, 2.75) is 37.6 Å². The largest absolute Gasteiger partial charge is 0.334 e. The molecule has 3 rings (SSSR count). The third-order valence-electron chi connectivity index (χ3n) is 4.90. The summed E-state index contributed by atoms with van der Waals surface area (Å²) in [6, 6.07) is 7.71. The predicted octanol–water partition coefficient (Wildman–Crippen LogP) is 2.89. The lowest BCUT2D eigenvalue weighted by molar-refractivity contribution is -0.117. The fraction of sp³-hybridized carbons (Fsp3) is 0.368. The Labute approximate surface area is 168 Å². The van der Waals surface area contributed by atoms with E-state index in [0.717, 1.165) is 24.0 Å². The van der Waals surface area contributed by atoms with Crippen molar-refractivity contribution >= 4 is 38.2 Å². The van der Waals surface area contributed by atoms with E-state index in [0.29, 0.717) is 9.88 Å². The monoisotopic (exact) mass is 421 g/mol. The highest BCUT2D eigenvalue weighted by atomic mass is 32.2. The van der Waals surface area contributed by atoms with Crippen LogP contribution in [-0.4, -0.2) is 32.2 Å². The van der Waals surface area contributed by atoms with E-state index in [-0.39, 0.29) is 28.7 Å². The second-order valence-corrected chi connectivity index (χ2v) is 9.71. The zero-order valence-electron chi connectivity index (χ0n) is 15.9. The summed E-state index contributed by atoms with van der Waals surface area (Å²) < 4.78 is 22.8. The van der Waals surface area contributed by atoms with Gasteiger partial charge in [0.1, 0.15) is 0 Å². The molecule has 9 heteroatoms. The number of rotatable bonds is 6. The van der Waals surface area contributed by atoms with Crippen molar-refractivity contribution in [3.05, 3.63) is 46.3 Å². The van der Waals surface area contributed by atoms with Crippen molar-refractivity contribution in [2.24, 2.45) is 11.1 Å². The summed E-state index contributed by atoms with van der Waals surface area (Å²) in [6.45, 7) is 3.71. The van der Waals surface area contributed by atoms with E-state index in [4.69, 9.17) is 5.14 Å². The fourth-order valence-corrected chi connectivity index (χ4v) is 4.39. The molecule has 1 fully saturated rings. The van der Waals surface area contributed by atoms with Crippen molar-refractivity contribution in [1.82, 2.24) is 4.90 Å². The number of amides is 2. The second-order valence-electron chi connectivity index (χ2n) is 7.09. The number of hydrogen-bond acceptors (Lipinski definition) is 5. The van der Waals surface area contributed by atoms with Gasteiger partial charge in [-0.2, -0.15) is 0 Å². The number of carbonyl (C=O) groups is 2. The van der Waals surface area contributed by atoms with Crippen LogP contribution in [0.1, 0.15) is 46.6 Å². The van der Waals surface area contributed by atoms with Gasteiger partial charge in [-0.25, -0.2) is 13.6 Å². The Balaban J connectivity index is 1.74. The number of nitrogens with one attached hydrogen (secondary N) is 1. The highest BCUT2D eigenvalue weighted by Gasteiger charge is 2.30. The minimum Gasteiger partial charge on any atom is -0.334 e. The number of hydrogen-bond donors (Lipinski definition) is 2. The number of sulfonamides is 1. The first-order valence-electron chi connectivity index (χ1n) is 8.89. The van der Waals surface area contributed by atoms with Gasteiger partial charge >= 0.3 is 0 Å². The maximum Gasteiger partial charge on any atom is 0.264 e. The van der Waals surface area contributed by atoms with Crippen LogP contribution in [0.4, 0.5) is 5.00 Å². The van der Waals surface area contributed by atoms with Gasteiger partial charge < -0.3 is 10.2 Å². The second kappa shape index (κ2) is 7.65. The fourth-order valence-electron chi connectivity index (χ4n) is 2.82. The molecule has 1 saturated carbocycles. The van der Waals surface area contributed by atoms with Gasteiger partial charge in [-0.15, -0.1) is 11.3 Å². The Bertz CT molecular complexity index is 1010. The molecule has 0 saturated heterocycles. The van der Waals surface area contributed by atoms with Crippen LogP contribution in [0.5, 0.6) is 0 Å². The molecule has 7 nitrogen and oxygen atoms in total. The first kappa shape index (κ1) is 20.5. The number of thiophene rings is 1. The topological polar surface area (TPSA) is 110 Å². The molecule has 150 valence electrons. The SMILES string of the molecule is Cc1cc(NC(=O)C2CC2)sc1C(=O)N(C)C(C)c1ccc(S(N)(=O)=O)cc1. The molecule has 2 amide bonds. The van der Waals surface area contributed by atoms with Crippen molar-refractivity contribution in [1.29, 1.82) is 0 Å². The Morgan fingerprint density at radius 2 is 1.86 bits per heavy atom. The van der Waals surface area contributed by atoms with Gasteiger partial charge in [-0.3, -0.25) is 9.59 Å².